The highest BCUT2D eigenvalue weighted by molar-refractivity contribution is 8.00. The van der Waals surface area contributed by atoms with Crippen LogP contribution in [0.3, 0.4) is 0 Å². The summed E-state index contributed by atoms with van der Waals surface area (Å²) in [6.45, 7) is 0.881. The molecule has 0 amide bonds. The van der Waals surface area contributed by atoms with Crippen LogP contribution in [0.1, 0.15) is 37.7 Å². The van der Waals surface area contributed by atoms with Crippen LogP contribution in [0, 0.1) is 11.3 Å². The average molecular weight is 296 g/mol. The van der Waals surface area contributed by atoms with Crippen molar-refractivity contribution in [2.24, 2.45) is 0 Å². The van der Waals surface area contributed by atoms with Gasteiger partial charge in [-0.05, 0) is 31.2 Å². The van der Waals surface area contributed by atoms with Crippen LogP contribution in [0.25, 0.3) is 0 Å². The van der Waals surface area contributed by atoms with Gasteiger partial charge in [-0.1, -0.05) is 30.9 Å². The predicted molar refractivity (Wildman–Crippen MR) is 81.8 cm³/mol. The molecule has 0 atom stereocenters. The monoisotopic (exact) mass is 295 g/mol. The number of nitrogens with one attached hydrogen (secondary N) is 1. The molecule has 19 heavy (non-hydrogen) atoms. The lowest BCUT2D eigenvalue weighted by atomic mass is 9.88. The number of anilines is 1. The van der Waals surface area contributed by atoms with Crippen LogP contribution in [0.5, 0.6) is 0 Å². The molecule has 0 radical (unpaired) electrons. The molecule has 2 rings (SSSR count). The summed E-state index contributed by atoms with van der Waals surface area (Å²) in [7, 11) is 0. The van der Waals surface area contributed by atoms with Crippen molar-refractivity contribution in [2.75, 3.05) is 18.1 Å². The average Bonchev–Trinajstić information content (AvgIpc) is 2.45. The normalized spacial score (nSPS) is 17.7. The van der Waals surface area contributed by atoms with Crippen molar-refractivity contribution in [1.82, 2.24) is 4.98 Å². The van der Waals surface area contributed by atoms with Gasteiger partial charge in [0, 0.05) is 11.3 Å². The predicted octanol–water partition coefficient (Wildman–Crippen LogP) is 4.08. The Labute approximate surface area is 123 Å². The topological polar surface area (TPSA) is 48.7 Å². The van der Waals surface area contributed by atoms with E-state index in [0.717, 1.165) is 6.54 Å². The number of nitriles is 1. The number of rotatable bonds is 4. The van der Waals surface area contributed by atoms with Crippen molar-refractivity contribution in [3.05, 3.63) is 22.8 Å². The van der Waals surface area contributed by atoms with Crippen LogP contribution in [-0.4, -0.2) is 22.5 Å². The minimum absolute atomic E-state index is 0.301. The zero-order valence-corrected chi connectivity index (χ0v) is 12.7. The highest BCUT2D eigenvalue weighted by Crippen LogP contribution is 2.38. The summed E-state index contributed by atoms with van der Waals surface area (Å²) < 4.78 is 0.301. The minimum atomic E-state index is 0.301. The quantitative estimate of drug-likeness (QED) is 0.850. The minimum Gasteiger partial charge on any atom is -0.369 e. The summed E-state index contributed by atoms with van der Waals surface area (Å²) >= 11 is 7.85. The molecule has 1 N–H and O–H groups in total. The Morgan fingerprint density at radius 2 is 2.16 bits per heavy atom. The van der Waals surface area contributed by atoms with E-state index < -0.39 is 0 Å². The Balaban J connectivity index is 2.05. The molecule has 1 fully saturated rings. The number of pyridine rings is 1. The van der Waals surface area contributed by atoms with E-state index in [-0.39, 0.29) is 0 Å². The number of hydrogen-bond donors (Lipinski definition) is 1. The van der Waals surface area contributed by atoms with E-state index in [1.54, 1.807) is 12.1 Å². The maximum Gasteiger partial charge on any atom is 0.132 e. The third kappa shape index (κ3) is 3.77. The summed E-state index contributed by atoms with van der Waals surface area (Å²) in [4.78, 5) is 4.23. The largest absolute Gasteiger partial charge is 0.369 e. The molecular weight excluding hydrogens is 278 g/mol. The summed E-state index contributed by atoms with van der Waals surface area (Å²) in [6, 6.07) is 5.43. The smallest absolute Gasteiger partial charge is 0.132 e. The third-order valence-electron chi connectivity index (χ3n) is 3.71. The van der Waals surface area contributed by atoms with Gasteiger partial charge in [-0.2, -0.15) is 17.0 Å². The molecule has 1 heterocycles. The van der Waals surface area contributed by atoms with Crippen LogP contribution in [0.15, 0.2) is 12.1 Å². The van der Waals surface area contributed by atoms with E-state index in [0.29, 0.717) is 21.3 Å². The Hall–Kier alpha value is -0.920. The van der Waals surface area contributed by atoms with Crippen LogP contribution >= 0.6 is 23.4 Å². The van der Waals surface area contributed by atoms with Crippen molar-refractivity contribution >= 4 is 29.2 Å². The zero-order valence-electron chi connectivity index (χ0n) is 11.1. The second kappa shape index (κ2) is 6.49. The standard InChI is InChI=1S/C14H18ClN3S/c1-19-14(5-3-2-4-6-14)10-17-13-8-11(9-16)7-12(15)18-13/h7-8H,2-6,10H2,1H3,(H,17,18). The molecular formula is C14H18ClN3S. The fraction of sp³-hybridized carbons (Fsp3) is 0.571. The van der Waals surface area contributed by atoms with Crippen LogP contribution in [0.2, 0.25) is 5.15 Å². The van der Waals surface area contributed by atoms with Crippen molar-refractivity contribution in [3.63, 3.8) is 0 Å². The summed E-state index contributed by atoms with van der Waals surface area (Å²) in [5.41, 5.74) is 0.546. The maximum absolute atomic E-state index is 8.93. The molecule has 0 aromatic carbocycles. The Morgan fingerprint density at radius 1 is 1.42 bits per heavy atom. The fourth-order valence-electron chi connectivity index (χ4n) is 2.55. The van der Waals surface area contributed by atoms with Gasteiger partial charge in [0.05, 0.1) is 11.6 Å². The van der Waals surface area contributed by atoms with Gasteiger partial charge >= 0.3 is 0 Å². The van der Waals surface area contributed by atoms with Crippen LogP contribution < -0.4 is 5.32 Å². The number of halogens is 1. The van der Waals surface area contributed by atoms with Gasteiger partial charge in [-0.25, -0.2) is 4.98 Å². The Morgan fingerprint density at radius 3 is 2.79 bits per heavy atom. The van der Waals surface area contributed by atoms with Gasteiger partial charge in [0.1, 0.15) is 11.0 Å². The molecule has 0 saturated heterocycles. The summed E-state index contributed by atoms with van der Waals surface area (Å²) in [5.74, 6) is 0.697. The van der Waals surface area contributed by atoms with Gasteiger partial charge in [0.25, 0.3) is 0 Å². The van der Waals surface area contributed by atoms with E-state index >= 15 is 0 Å². The van der Waals surface area contributed by atoms with E-state index in [1.165, 1.54) is 32.1 Å². The number of aromatic nitrogens is 1. The van der Waals surface area contributed by atoms with E-state index in [9.17, 15) is 0 Å². The van der Waals surface area contributed by atoms with Crippen molar-refractivity contribution in [1.29, 1.82) is 5.26 Å². The van der Waals surface area contributed by atoms with Crippen molar-refractivity contribution in [2.45, 2.75) is 36.9 Å². The highest BCUT2D eigenvalue weighted by Gasteiger charge is 2.30. The molecule has 1 aromatic heterocycles. The molecule has 1 aliphatic carbocycles. The Kier molecular flexibility index (Phi) is 4.95. The SMILES string of the molecule is CSC1(CNc2cc(C#N)cc(Cl)n2)CCCCC1. The van der Waals surface area contributed by atoms with Crippen LogP contribution in [-0.2, 0) is 0 Å². The Bertz CT molecular complexity index is 478. The third-order valence-corrected chi connectivity index (χ3v) is 5.32. The van der Waals surface area contributed by atoms with Gasteiger partial charge in [0.15, 0.2) is 0 Å². The van der Waals surface area contributed by atoms with Gasteiger partial charge in [-0.15, -0.1) is 0 Å². The van der Waals surface area contributed by atoms with Crippen molar-refractivity contribution < 1.29 is 0 Å². The van der Waals surface area contributed by atoms with Crippen LogP contribution in [0.4, 0.5) is 5.82 Å². The zero-order chi connectivity index (χ0) is 13.7. The maximum atomic E-state index is 8.93. The number of hydrogen-bond acceptors (Lipinski definition) is 4. The first-order valence-corrected chi connectivity index (χ1v) is 8.14. The molecule has 102 valence electrons. The number of nitrogens with zero attached hydrogens (tertiary/aromatic N) is 2. The first kappa shape index (κ1) is 14.5. The van der Waals surface area contributed by atoms with E-state index in [1.807, 2.05) is 11.8 Å². The fourth-order valence-corrected chi connectivity index (χ4v) is 3.67. The molecule has 1 aliphatic rings. The van der Waals surface area contributed by atoms with E-state index in [4.69, 9.17) is 16.9 Å². The molecule has 1 saturated carbocycles. The summed E-state index contributed by atoms with van der Waals surface area (Å²) in [5, 5.41) is 12.7. The van der Waals surface area contributed by atoms with Crippen molar-refractivity contribution in [3.8, 4) is 6.07 Å². The number of thioether (sulfide) groups is 1. The molecule has 0 aliphatic heterocycles. The summed E-state index contributed by atoms with van der Waals surface area (Å²) in [6.07, 6.45) is 8.61. The first-order chi connectivity index (χ1) is 9.17. The van der Waals surface area contributed by atoms with E-state index in [2.05, 4.69) is 22.6 Å². The molecule has 1 aromatic rings. The van der Waals surface area contributed by atoms with Gasteiger partial charge in [0.2, 0.25) is 0 Å². The second-order valence-electron chi connectivity index (χ2n) is 4.98. The highest BCUT2D eigenvalue weighted by atomic mass is 35.5. The molecule has 0 spiro atoms. The molecule has 3 nitrogen and oxygen atoms in total. The molecule has 0 bridgehead atoms. The lowest BCUT2D eigenvalue weighted by molar-refractivity contribution is 0.411. The first-order valence-electron chi connectivity index (χ1n) is 6.54. The molecule has 0 unspecified atom stereocenters. The lowest BCUT2D eigenvalue weighted by Crippen LogP contribution is -2.35. The van der Waals surface area contributed by atoms with Gasteiger partial charge < -0.3 is 5.32 Å². The second-order valence-corrected chi connectivity index (χ2v) is 6.64. The lowest BCUT2D eigenvalue weighted by Gasteiger charge is -2.36. The van der Waals surface area contributed by atoms with Gasteiger partial charge in [-0.3, -0.25) is 0 Å². The molecule has 5 heteroatoms.